The lowest BCUT2D eigenvalue weighted by atomic mass is 10.1. The largest absolute Gasteiger partial charge is 0.352 e. The van der Waals surface area contributed by atoms with Crippen LogP contribution in [0.3, 0.4) is 0 Å². The van der Waals surface area contributed by atoms with Crippen LogP contribution in [0.5, 0.6) is 0 Å². The molecule has 0 atom stereocenters. The maximum absolute atomic E-state index is 12.2. The van der Waals surface area contributed by atoms with Crippen LogP contribution in [0, 0.1) is 5.92 Å². The number of carbonyl (C=O) groups is 1. The number of hydrogen-bond acceptors (Lipinski definition) is 2. The summed E-state index contributed by atoms with van der Waals surface area (Å²) >= 11 is 0. The molecule has 2 rings (SSSR count). The van der Waals surface area contributed by atoms with E-state index in [0.29, 0.717) is 18.0 Å². The second-order valence-corrected chi connectivity index (χ2v) is 4.92. The average Bonchev–Trinajstić information content (AvgIpc) is 2.92. The van der Waals surface area contributed by atoms with E-state index in [1.54, 1.807) is 12.4 Å². The van der Waals surface area contributed by atoms with Crippen LogP contribution in [-0.2, 0) is 0 Å². The van der Waals surface area contributed by atoms with Crippen molar-refractivity contribution in [1.82, 2.24) is 15.3 Å². The Morgan fingerprint density at radius 1 is 1.37 bits per heavy atom. The molecule has 1 aromatic carbocycles. The first-order valence-corrected chi connectivity index (χ1v) is 6.55. The Morgan fingerprint density at radius 2 is 2.16 bits per heavy atom. The predicted molar refractivity (Wildman–Crippen MR) is 75.8 cm³/mol. The van der Waals surface area contributed by atoms with Crippen molar-refractivity contribution in [2.45, 2.75) is 20.3 Å². The molecule has 2 N–H and O–H groups in total. The summed E-state index contributed by atoms with van der Waals surface area (Å²) in [6.45, 7) is 4.98. The van der Waals surface area contributed by atoms with E-state index in [4.69, 9.17) is 0 Å². The van der Waals surface area contributed by atoms with E-state index in [-0.39, 0.29) is 5.91 Å². The quantitative estimate of drug-likeness (QED) is 0.865. The van der Waals surface area contributed by atoms with E-state index >= 15 is 0 Å². The van der Waals surface area contributed by atoms with E-state index in [9.17, 15) is 4.79 Å². The van der Waals surface area contributed by atoms with Crippen molar-refractivity contribution in [3.8, 4) is 11.4 Å². The summed E-state index contributed by atoms with van der Waals surface area (Å²) in [5.41, 5.74) is 1.48. The number of rotatable bonds is 5. The number of H-pyrrole nitrogens is 1. The molecule has 0 saturated heterocycles. The maximum Gasteiger partial charge on any atom is 0.252 e. The summed E-state index contributed by atoms with van der Waals surface area (Å²) in [6.07, 6.45) is 4.42. The highest BCUT2D eigenvalue weighted by Gasteiger charge is 2.13. The van der Waals surface area contributed by atoms with Crippen LogP contribution in [0.1, 0.15) is 30.6 Å². The van der Waals surface area contributed by atoms with Crippen molar-refractivity contribution in [2.75, 3.05) is 6.54 Å². The maximum atomic E-state index is 12.2. The third-order valence-corrected chi connectivity index (χ3v) is 2.93. The van der Waals surface area contributed by atoms with Gasteiger partial charge in [0.2, 0.25) is 0 Å². The fraction of sp³-hybridized carbons (Fsp3) is 0.333. The average molecular weight is 257 g/mol. The van der Waals surface area contributed by atoms with Gasteiger partial charge in [-0.3, -0.25) is 4.79 Å². The molecule has 0 unspecified atom stereocenters. The molecule has 0 radical (unpaired) electrons. The minimum atomic E-state index is -0.0485. The Morgan fingerprint density at radius 3 is 2.84 bits per heavy atom. The first-order valence-electron chi connectivity index (χ1n) is 6.55. The number of carbonyl (C=O) groups excluding carboxylic acids is 1. The highest BCUT2D eigenvalue weighted by atomic mass is 16.1. The third kappa shape index (κ3) is 3.44. The Kier molecular flexibility index (Phi) is 4.34. The highest BCUT2D eigenvalue weighted by Crippen LogP contribution is 2.19. The number of benzene rings is 1. The van der Waals surface area contributed by atoms with Crippen molar-refractivity contribution in [2.24, 2.45) is 5.92 Å². The van der Waals surface area contributed by atoms with Crippen LogP contribution < -0.4 is 5.32 Å². The molecule has 100 valence electrons. The van der Waals surface area contributed by atoms with Gasteiger partial charge in [-0.1, -0.05) is 32.0 Å². The lowest BCUT2D eigenvalue weighted by Crippen LogP contribution is -2.25. The second kappa shape index (κ2) is 6.18. The topological polar surface area (TPSA) is 57.8 Å². The number of amides is 1. The molecule has 1 amide bonds. The lowest BCUT2D eigenvalue weighted by molar-refractivity contribution is 0.0952. The van der Waals surface area contributed by atoms with Gasteiger partial charge >= 0.3 is 0 Å². The van der Waals surface area contributed by atoms with Gasteiger partial charge in [-0.25, -0.2) is 4.98 Å². The molecule has 0 aliphatic rings. The van der Waals surface area contributed by atoms with E-state index in [2.05, 4.69) is 29.1 Å². The number of nitrogens with zero attached hydrogens (tertiary/aromatic N) is 1. The third-order valence-electron chi connectivity index (χ3n) is 2.93. The fourth-order valence-electron chi connectivity index (χ4n) is 1.87. The highest BCUT2D eigenvalue weighted by molar-refractivity contribution is 6.00. The molecule has 0 fully saturated rings. The van der Waals surface area contributed by atoms with Gasteiger partial charge in [0.1, 0.15) is 5.82 Å². The fourth-order valence-corrected chi connectivity index (χ4v) is 1.87. The van der Waals surface area contributed by atoms with E-state index in [1.807, 2.05) is 24.3 Å². The molecule has 1 heterocycles. The van der Waals surface area contributed by atoms with Crippen molar-refractivity contribution >= 4 is 5.91 Å². The zero-order valence-corrected chi connectivity index (χ0v) is 11.3. The summed E-state index contributed by atoms with van der Waals surface area (Å²) < 4.78 is 0. The first-order chi connectivity index (χ1) is 9.18. The molecule has 19 heavy (non-hydrogen) atoms. The van der Waals surface area contributed by atoms with Crippen LogP contribution >= 0.6 is 0 Å². The van der Waals surface area contributed by atoms with Crippen LogP contribution in [0.4, 0.5) is 0 Å². The van der Waals surface area contributed by atoms with Gasteiger partial charge in [0.15, 0.2) is 0 Å². The SMILES string of the molecule is CC(C)CCNC(=O)c1ccccc1-c1ncc[nH]1. The Labute approximate surface area is 113 Å². The molecule has 0 spiro atoms. The van der Waals surface area contributed by atoms with Gasteiger partial charge < -0.3 is 10.3 Å². The van der Waals surface area contributed by atoms with Gasteiger partial charge in [0.05, 0.1) is 5.56 Å². The monoisotopic (exact) mass is 257 g/mol. The molecule has 4 heteroatoms. The number of imidazole rings is 1. The first kappa shape index (κ1) is 13.3. The standard InChI is InChI=1S/C15H19N3O/c1-11(2)7-8-18-15(19)13-6-4-3-5-12(13)14-16-9-10-17-14/h3-6,9-11H,7-8H2,1-2H3,(H,16,17)(H,18,19). The van der Waals surface area contributed by atoms with Crippen molar-refractivity contribution in [3.05, 3.63) is 42.2 Å². The minimum Gasteiger partial charge on any atom is -0.352 e. The second-order valence-electron chi connectivity index (χ2n) is 4.92. The molecule has 4 nitrogen and oxygen atoms in total. The van der Waals surface area contributed by atoms with Crippen LogP contribution in [0.25, 0.3) is 11.4 Å². The molecule has 1 aromatic heterocycles. The zero-order chi connectivity index (χ0) is 13.7. The van der Waals surface area contributed by atoms with Crippen molar-refractivity contribution < 1.29 is 4.79 Å². The smallest absolute Gasteiger partial charge is 0.252 e. The minimum absolute atomic E-state index is 0.0485. The molecule has 0 bridgehead atoms. The molecular weight excluding hydrogens is 238 g/mol. The number of aromatic nitrogens is 2. The number of hydrogen-bond donors (Lipinski definition) is 2. The van der Waals surface area contributed by atoms with E-state index in [0.717, 1.165) is 17.8 Å². The Balaban J connectivity index is 2.14. The molecule has 0 saturated carbocycles. The molecule has 0 aliphatic heterocycles. The van der Waals surface area contributed by atoms with E-state index < -0.39 is 0 Å². The molecule has 0 aliphatic carbocycles. The Hall–Kier alpha value is -2.10. The van der Waals surface area contributed by atoms with Crippen LogP contribution in [0.15, 0.2) is 36.7 Å². The van der Waals surface area contributed by atoms with Crippen molar-refractivity contribution in [1.29, 1.82) is 0 Å². The van der Waals surface area contributed by atoms with Gasteiger partial charge in [-0.15, -0.1) is 0 Å². The van der Waals surface area contributed by atoms with Crippen LogP contribution in [-0.4, -0.2) is 22.4 Å². The summed E-state index contributed by atoms with van der Waals surface area (Å²) in [4.78, 5) is 19.4. The summed E-state index contributed by atoms with van der Waals surface area (Å²) in [5.74, 6) is 1.25. The summed E-state index contributed by atoms with van der Waals surface area (Å²) in [6, 6.07) is 7.49. The van der Waals surface area contributed by atoms with Crippen molar-refractivity contribution in [3.63, 3.8) is 0 Å². The van der Waals surface area contributed by atoms with E-state index in [1.165, 1.54) is 0 Å². The lowest BCUT2D eigenvalue weighted by Gasteiger charge is -2.09. The normalized spacial score (nSPS) is 10.7. The van der Waals surface area contributed by atoms with Gasteiger partial charge in [0, 0.05) is 24.5 Å². The number of nitrogens with one attached hydrogen (secondary N) is 2. The molecular formula is C15H19N3O. The predicted octanol–water partition coefficient (Wildman–Crippen LogP) is 2.85. The van der Waals surface area contributed by atoms with Gasteiger partial charge in [-0.2, -0.15) is 0 Å². The Bertz CT molecular complexity index is 532. The molecule has 2 aromatic rings. The van der Waals surface area contributed by atoms with Gasteiger partial charge in [-0.05, 0) is 18.4 Å². The summed E-state index contributed by atoms with van der Waals surface area (Å²) in [7, 11) is 0. The summed E-state index contributed by atoms with van der Waals surface area (Å²) in [5, 5.41) is 2.95. The van der Waals surface area contributed by atoms with Gasteiger partial charge in [0.25, 0.3) is 5.91 Å². The van der Waals surface area contributed by atoms with Crippen LogP contribution in [0.2, 0.25) is 0 Å². The number of aromatic amines is 1. The zero-order valence-electron chi connectivity index (χ0n) is 11.3.